The van der Waals surface area contributed by atoms with Crippen molar-refractivity contribution in [2.45, 2.75) is 37.3 Å². The maximum absolute atomic E-state index is 12.0. The van der Waals surface area contributed by atoms with Crippen LogP contribution in [0, 0.1) is 6.92 Å². The van der Waals surface area contributed by atoms with Gasteiger partial charge in [-0.1, -0.05) is 35.1 Å². The van der Waals surface area contributed by atoms with Gasteiger partial charge in [0.15, 0.2) is 11.0 Å². The first-order valence-corrected chi connectivity index (χ1v) is 9.56. The van der Waals surface area contributed by atoms with Gasteiger partial charge in [0.1, 0.15) is 11.6 Å². The van der Waals surface area contributed by atoms with Gasteiger partial charge in [-0.25, -0.2) is 0 Å². The molecule has 0 bridgehead atoms. The van der Waals surface area contributed by atoms with Gasteiger partial charge in [0, 0.05) is 29.8 Å². The fourth-order valence-electron chi connectivity index (χ4n) is 2.67. The van der Waals surface area contributed by atoms with E-state index in [2.05, 4.69) is 37.4 Å². The average molecular weight is 369 g/mol. The largest absolute Gasteiger partial charge is 0.360 e. The topological polar surface area (TPSA) is 85.8 Å². The van der Waals surface area contributed by atoms with Crippen LogP contribution in [0.5, 0.6) is 0 Å². The number of carbonyl (C=O) groups is 1. The first-order chi connectivity index (χ1) is 12.7. The standard InChI is InChI=1S/C18H19N5O2S/c1-12-11-15(22-25-12)19-16(24)9-10-26-18-21-20-17(13-7-8-13)23(18)14-5-3-2-4-6-14/h2-6,11,13H,7-10H2,1H3,(H,19,22,24). The summed E-state index contributed by atoms with van der Waals surface area (Å²) in [5.74, 6) is 3.13. The molecule has 2 aromatic heterocycles. The number of nitrogens with one attached hydrogen (secondary N) is 1. The Labute approximate surface area is 155 Å². The number of carbonyl (C=O) groups excluding carboxylic acids is 1. The Morgan fingerprint density at radius 3 is 2.81 bits per heavy atom. The maximum Gasteiger partial charge on any atom is 0.226 e. The van der Waals surface area contributed by atoms with Gasteiger partial charge in [0.05, 0.1) is 0 Å². The molecule has 7 nitrogen and oxygen atoms in total. The molecule has 1 fully saturated rings. The number of aromatic nitrogens is 4. The lowest BCUT2D eigenvalue weighted by Crippen LogP contribution is -2.12. The van der Waals surface area contributed by atoms with Crippen LogP contribution in [0.2, 0.25) is 0 Å². The molecule has 1 amide bonds. The van der Waals surface area contributed by atoms with Gasteiger partial charge in [-0.05, 0) is 31.9 Å². The summed E-state index contributed by atoms with van der Waals surface area (Å²) < 4.78 is 7.06. The summed E-state index contributed by atoms with van der Waals surface area (Å²) in [4.78, 5) is 12.0. The normalized spacial score (nSPS) is 13.7. The van der Waals surface area contributed by atoms with Crippen LogP contribution in [0.4, 0.5) is 5.82 Å². The smallest absolute Gasteiger partial charge is 0.226 e. The van der Waals surface area contributed by atoms with Crippen LogP contribution in [-0.2, 0) is 4.79 Å². The zero-order valence-electron chi connectivity index (χ0n) is 14.4. The van der Waals surface area contributed by atoms with E-state index in [0.29, 0.717) is 29.7 Å². The number of para-hydroxylation sites is 1. The van der Waals surface area contributed by atoms with Gasteiger partial charge in [-0.2, -0.15) is 0 Å². The molecule has 0 unspecified atom stereocenters. The summed E-state index contributed by atoms with van der Waals surface area (Å²) in [6.07, 6.45) is 2.68. The highest BCUT2D eigenvalue weighted by atomic mass is 32.2. The van der Waals surface area contributed by atoms with Gasteiger partial charge >= 0.3 is 0 Å². The Hall–Kier alpha value is -2.61. The van der Waals surface area contributed by atoms with Crippen molar-refractivity contribution in [2.75, 3.05) is 11.1 Å². The Morgan fingerprint density at radius 1 is 1.31 bits per heavy atom. The van der Waals surface area contributed by atoms with E-state index < -0.39 is 0 Å². The highest BCUT2D eigenvalue weighted by Crippen LogP contribution is 2.41. The fraction of sp³-hybridized carbons (Fsp3) is 0.333. The maximum atomic E-state index is 12.0. The van der Waals surface area contributed by atoms with Gasteiger partial charge in [0.25, 0.3) is 0 Å². The predicted molar refractivity (Wildman–Crippen MR) is 98.5 cm³/mol. The first-order valence-electron chi connectivity index (χ1n) is 8.57. The highest BCUT2D eigenvalue weighted by molar-refractivity contribution is 7.99. The molecule has 0 atom stereocenters. The van der Waals surface area contributed by atoms with E-state index in [0.717, 1.165) is 29.5 Å². The van der Waals surface area contributed by atoms with Gasteiger partial charge in [0.2, 0.25) is 5.91 Å². The zero-order valence-corrected chi connectivity index (χ0v) is 15.2. The summed E-state index contributed by atoms with van der Waals surface area (Å²) in [7, 11) is 0. The average Bonchev–Trinajstić information content (AvgIpc) is 3.28. The van der Waals surface area contributed by atoms with Crippen molar-refractivity contribution in [1.29, 1.82) is 0 Å². The molecule has 0 spiro atoms. The highest BCUT2D eigenvalue weighted by Gasteiger charge is 2.31. The van der Waals surface area contributed by atoms with Crippen LogP contribution < -0.4 is 5.32 Å². The van der Waals surface area contributed by atoms with Crippen molar-refractivity contribution in [3.05, 3.63) is 48.0 Å². The monoisotopic (exact) mass is 369 g/mol. The lowest BCUT2D eigenvalue weighted by Gasteiger charge is -2.09. The van der Waals surface area contributed by atoms with Crippen LogP contribution in [0.25, 0.3) is 5.69 Å². The first kappa shape index (κ1) is 16.8. The van der Waals surface area contributed by atoms with E-state index in [1.54, 1.807) is 13.0 Å². The second-order valence-corrected chi connectivity index (χ2v) is 7.32. The summed E-state index contributed by atoms with van der Waals surface area (Å²) in [6.45, 7) is 1.78. The minimum absolute atomic E-state index is 0.0982. The molecule has 26 heavy (non-hydrogen) atoms. The van der Waals surface area contributed by atoms with Crippen molar-refractivity contribution in [2.24, 2.45) is 0 Å². The van der Waals surface area contributed by atoms with Crippen LogP contribution >= 0.6 is 11.8 Å². The van der Waals surface area contributed by atoms with E-state index in [1.165, 1.54) is 11.8 Å². The van der Waals surface area contributed by atoms with Crippen LogP contribution in [0.1, 0.15) is 36.8 Å². The molecule has 3 aromatic rings. The molecular weight excluding hydrogens is 350 g/mol. The molecule has 1 N–H and O–H groups in total. The molecule has 4 rings (SSSR count). The number of aryl methyl sites for hydroxylation is 1. The number of nitrogens with zero attached hydrogens (tertiary/aromatic N) is 4. The van der Waals surface area contributed by atoms with Crippen molar-refractivity contribution < 1.29 is 9.32 Å². The third kappa shape index (κ3) is 3.80. The summed E-state index contributed by atoms with van der Waals surface area (Å²) in [6, 6.07) is 11.8. The minimum atomic E-state index is -0.0982. The lowest BCUT2D eigenvalue weighted by molar-refractivity contribution is -0.115. The number of amides is 1. The van der Waals surface area contributed by atoms with Gasteiger partial charge in [-0.3, -0.25) is 9.36 Å². The molecule has 0 radical (unpaired) electrons. The summed E-state index contributed by atoms with van der Waals surface area (Å²) in [5.41, 5.74) is 1.06. The number of hydrogen-bond acceptors (Lipinski definition) is 6. The Balaban J connectivity index is 1.41. The number of anilines is 1. The Bertz CT molecular complexity index is 901. The Morgan fingerprint density at radius 2 is 2.12 bits per heavy atom. The Kier molecular flexibility index (Phi) is 4.75. The SMILES string of the molecule is Cc1cc(NC(=O)CCSc2nnc(C3CC3)n2-c2ccccc2)no1. The van der Waals surface area contributed by atoms with E-state index in [9.17, 15) is 4.79 Å². The minimum Gasteiger partial charge on any atom is -0.360 e. The molecule has 0 saturated heterocycles. The van der Waals surface area contributed by atoms with Crippen LogP contribution in [0.15, 0.2) is 46.1 Å². The molecule has 1 aliphatic carbocycles. The van der Waals surface area contributed by atoms with Crippen LogP contribution in [-0.4, -0.2) is 31.6 Å². The van der Waals surface area contributed by atoms with Crippen molar-refractivity contribution in [3.8, 4) is 5.69 Å². The molecule has 134 valence electrons. The van der Waals surface area contributed by atoms with Crippen molar-refractivity contribution in [3.63, 3.8) is 0 Å². The van der Waals surface area contributed by atoms with E-state index in [-0.39, 0.29) is 5.91 Å². The lowest BCUT2D eigenvalue weighted by atomic mass is 10.3. The molecule has 1 aliphatic rings. The van der Waals surface area contributed by atoms with Gasteiger partial charge < -0.3 is 9.84 Å². The number of hydrogen-bond donors (Lipinski definition) is 1. The number of thioether (sulfide) groups is 1. The predicted octanol–water partition coefficient (Wildman–Crippen LogP) is 3.56. The number of benzene rings is 1. The molecule has 2 heterocycles. The second kappa shape index (κ2) is 7.33. The molecular formula is C18H19N5O2S. The quantitative estimate of drug-likeness (QED) is 0.641. The third-order valence-corrected chi connectivity index (χ3v) is 5.00. The zero-order chi connectivity index (χ0) is 17.9. The summed E-state index contributed by atoms with van der Waals surface area (Å²) >= 11 is 1.54. The van der Waals surface area contributed by atoms with Crippen molar-refractivity contribution >= 4 is 23.5 Å². The molecule has 8 heteroatoms. The molecule has 1 aromatic carbocycles. The van der Waals surface area contributed by atoms with Gasteiger partial charge in [-0.15, -0.1) is 10.2 Å². The van der Waals surface area contributed by atoms with Crippen molar-refractivity contribution in [1.82, 2.24) is 19.9 Å². The van der Waals surface area contributed by atoms with E-state index >= 15 is 0 Å². The number of rotatable bonds is 7. The molecule has 0 aliphatic heterocycles. The fourth-order valence-corrected chi connectivity index (χ4v) is 3.56. The summed E-state index contributed by atoms with van der Waals surface area (Å²) in [5, 5.41) is 16.1. The van der Waals surface area contributed by atoms with Crippen LogP contribution in [0.3, 0.4) is 0 Å². The van der Waals surface area contributed by atoms with E-state index in [1.807, 2.05) is 18.2 Å². The second-order valence-electron chi connectivity index (χ2n) is 6.26. The third-order valence-electron chi connectivity index (χ3n) is 4.07. The van der Waals surface area contributed by atoms with E-state index in [4.69, 9.17) is 4.52 Å². The molecule has 1 saturated carbocycles.